The summed E-state index contributed by atoms with van der Waals surface area (Å²) in [5, 5.41) is 1.26. The normalized spacial score (nSPS) is 18.5. The molecule has 0 amide bonds. The molecule has 1 atom stereocenters. The lowest BCUT2D eigenvalue weighted by atomic mass is 9.90. The number of nitrogens with one attached hydrogen (secondary N) is 1. The minimum atomic E-state index is 0.171. The van der Waals surface area contributed by atoms with Crippen LogP contribution >= 0.6 is 0 Å². The average Bonchev–Trinajstić information content (AvgIpc) is 3.10. The molecule has 4 rings (SSSR count). The van der Waals surface area contributed by atoms with Crippen LogP contribution in [0, 0.1) is 5.92 Å². The zero-order chi connectivity index (χ0) is 17.1. The van der Waals surface area contributed by atoms with Crippen LogP contribution in [-0.2, 0) is 17.8 Å². The van der Waals surface area contributed by atoms with Crippen molar-refractivity contribution in [1.82, 2.24) is 9.88 Å². The number of nitrogens with zero attached hydrogens (tertiary/aromatic N) is 1. The number of carbonyl (C=O) groups is 1. The predicted octanol–water partition coefficient (Wildman–Crippen LogP) is 4.19. The van der Waals surface area contributed by atoms with Crippen LogP contribution in [0.1, 0.15) is 24.0 Å². The lowest BCUT2D eigenvalue weighted by Gasteiger charge is -2.32. The molecule has 0 saturated carbocycles. The predicted molar refractivity (Wildman–Crippen MR) is 101 cm³/mol. The highest BCUT2D eigenvalue weighted by molar-refractivity contribution is 5.83. The first-order chi connectivity index (χ1) is 12.3. The SMILES string of the molecule is O=C(Cc1ccccc1)[C@H]1CCCN(Cc2ccc3[nH]ccc3c2)C1. The van der Waals surface area contributed by atoms with Crippen molar-refractivity contribution in [3.8, 4) is 0 Å². The standard InChI is InChI=1S/C22H24N2O/c25-22(14-17-5-2-1-3-6-17)20-7-4-12-24(16-20)15-18-8-9-21-19(13-18)10-11-23-21/h1-3,5-6,8-11,13,20,23H,4,7,12,14-16H2/t20-/m0/s1. The number of hydrogen-bond acceptors (Lipinski definition) is 2. The Morgan fingerprint density at radius 3 is 2.84 bits per heavy atom. The number of ketones is 1. The maximum absolute atomic E-state index is 12.7. The van der Waals surface area contributed by atoms with Gasteiger partial charge in [-0.3, -0.25) is 9.69 Å². The first kappa shape index (κ1) is 16.1. The topological polar surface area (TPSA) is 36.1 Å². The van der Waals surface area contributed by atoms with Gasteiger partial charge in [0, 0.05) is 37.1 Å². The highest BCUT2D eigenvalue weighted by Crippen LogP contribution is 2.22. The number of rotatable bonds is 5. The van der Waals surface area contributed by atoms with Gasteiger partial charge in [-0.05, 0) is 54.1 Å². The number of likely N-dealkylation sites (tertiary alicyclic amines) is 1. The van der Waals surface area contributed by atoms with Gasteiger partial charge in [0.1, 0.15) is 5.78 Å². The minimum absolute atomic E-state index is 0.171. The Hall–Kier alpha value is -2.39. The Balaban J connectivity index is 1.39. The monoisotopic (exact) mass is 332 g/mol. The molecule has 1 aliphatic heterocycles. The van der Waals surface area contributed by atoms with Crippen LogP contribution in [0.15, 0.2) is 60.8 Å². The van der Waals surface area contributed by atoms with Crippen LogP contribution < -0.4 is 0 Å². The third kappa shape index (κ3) is 3.83. The molecule has 1 fully saturated rings. The van der Waals surface area contributed by atoms with E-state index in [9.17, 15) is 4.79 Å². The first-order valence-electron chi connectivity index (χ1n) is 9.13. The summed E-state index contributed by atoms with van der Waals surface area (Å²) in [4.78, 5) is 18.3. The minimum Gasteiger partial charge on any atom is -0.361 e. The van der Waals surface area contributed by atoms with Crippen molar-refractivity contribution >= 4 is 16.7 Å². The van der Waals surface area contributed by atoms with Crippen molar-refractivity contribution in [2.75, 3.05) is 13.1 Å². The van der Waals surface area contributed by atoms with E-state index in [1.807, 2.05) is 36.5 Å². The molecule has 128 valence electrons. The van der Waals surface area contributed by atoms with Crippen LogP contribution in [0.4, 0.5) is 0 Å². The van der Waals surface area contributed by atoms with Crippen molar-refractivity contribution in [2.45, 2.75) is 25.8 Å². The summed E-state index contributed by atoms with van der Waals surface area (Å²) < 4.78 is 0. The van der Waals surface area contributed by atoms with Gasteiger partial charge in [0.05, 0.1) is 0 Å². The second-order valence-corrected chi connectivity index (χ2v) is 7.10. The van der Waals surface area contributed by atoms with Gasteiger partial charge in [-0.15, -0.1) is 0 Å². The third-order valence-corrected chi connectivity index (χ3v) is 5.21. The van der Waals surface area contributed by atoms with Gasteiger partial charge in [0.2, 0.25) is 0 Å². The molecule has 1 saturated heterocycles. The van der Waals surface area contributed by atoms with E-state index in [-0.39, 0.29) is 5.92 Å². The fraction of sp³-hybridized carbons (Fsp3) is 0.318. The summed E-state index contributed by atoms with van der Waals surface area (Å²) in [5.74, 6) is 0.557. The molecular weight excluding hydrogens is 308 g/mol. The number of piperidine rings is 1. The van der Waals surface area contributed by atoms with Crippen LogP contribution in [0.25, 0.3) is 10.9 Å². The van der Waals surface area contributed by atoms with Crippen molar-refractivity contribution in [3.63, 3.8) is 0 Å². The lowest BCUT2D eigenvalue weighted by Crippen LogP contribution is -2.38. The van der Waals surface area contributed by atoms with E-state index < -0.39 is 0 Å². The Morgan fingerprint density at radius 1 is 1.08 bits per heavy atom. The van der Waals surface area contributed by atoms with E-state index in [0.717, 1.165) is 38.0 Å². The Morgan fingerprint density at radius 2 is 1.96 bits per heavy atom. The number of carbonyl (C=O) groups excluding carboxylic acids is 1. The van der Waals surface area contributed by atoms with Gasteiger partial charge in [-0.25, -0.2) is 0 Å². The summed E-state index contributed by atoms with van der Waals surface area (Å²) in [7, 11) is 0. The van der Waals surface area contributed by atoms with E-state index in [1.54, 1.807) is 0 Å². The fourth-order valence-corrected chi connectivity index (χ4v) is 3.86. The lowest BCUT2D eigenvalue weighted by molar-refractivity contribution is -0.123. The van der Waals surface area contributed by atoms with Crippen LogP contribution in [0.5, 0.6) is 0 Å². The zero-order valence-electron chi connectivity index (χ0n) is 14.4. The second kappa shape index (κ2) is 7.24. The number of benzene rings is 2. The van der Waals surface area contributed by atoms with Gasteiger partial charge in [0.25, 0.3) is 0 Å². The summed E-state index contributed by atoms with van der Waals surface area (Å²) in [5.41, 5.74) is 3.63. The molecule has 1 N–H and O–H groups in total. The van der Waals surface area contributed by atoms with Gasteiger partial charge >= 0.3 is 0 Å². The van der Waals surface area contributed by atoms with Crippen LogP contribution in [0.3, 0.4) is 0 Å². The molecule has 0 unspecified atom stereocenters. The molecule has 2 heterocycles. The van der Waals surface area contributed by atoms with Crippen molar-refractivity contribution in [1.29, 1.82) is 0 Å². The summed E-state index contributed by atoms with van der Waals surface area (Å²) in [6.45, 7) is 2.90. The molecule has 0 radical (unpaired) electrons. The summed E-state index contributed by atoms with van der Waals surface area (Å²) >= 11 is 0. The zero-order valence-corrected chi connectivity index (χ0v) is 14.4. The molecule has 25 heavy (non-hydrogen) atoms. The van der Waals surface area contributed by atoms with Crippen LogP contribution in [-0.4, -0.2) is 28.8 Å². The largest absolute Gasteiger partial charge is 0.361 e. The average molecular weight is 332 g/mol. The Bertz CT molecular complexity index is 853. The van der Waals surface area contributed by atoms with E-state index in [0.29, 0.717) is 12.2 Å². The number of Topliss-reactive ketones (excluding diaryl/α,β-unsaturated/α-hetero) is 1. The highest BCUT2D eigenvalue weighted by atomic mass is 16.1. The second-order valence-electron chi connectivity index (χ2n) is 7.10. The fourth-order valence-electron chi connectivity index (χ4n) is 3.86. The third-order valence-electron chi connectivity index (χ3n) is 5.21. The number of aromatic amines is 1. The van der Waals surface area contributed by atoms with E-state index in [1.165, 1.54) is 16.5 Å². The molecule has 1 aromatic heterocycles. The molecule has 3 heteroatoms. The van der Waals surface area contributed by atoms with Gasteiger partial charge < -0.3 is 4.98 Å². The molecule has 2 aromatic carbocycles. The molecule has 0 aliphatic carbocycles. The molecule has 0 bridgehead atoms. The smallest absolute Gasteiger partial charge is 0.141 e. The van der Waals surface area contributed by atoms with Crippen molar-refractivity contribution < 1.29 is 4.79 Å². The van der Waals surface area contributed by atoms with E-state index >= 15 is 0 Å². The maximum Gasteiger partial charge on any atom is 0.141 e. The van der Waals surface area contributed by atoms with Crippen molar-refractivity contribution in [3.05, 3.63) is 71.9 Å². The Kier molecular flexibility index (Phi) is 4.66. The number of H-pyrrole nitrogens is 1. The van der Waals surface area contributed by atoms with Crippen molar-refractivity contribution in [2.24, 2.45) is 5.92 Å². The first-order valence-corrected chi connectivity index (χ1v) is 9.13. The van der Waals surface area contributed by atoms with Gasteiger partial charge in [-0.1, -0.05) is 36.4 Å². The number of aromatic nitrogens is 1. The Labute approximate surface area is 148 Å². The van der Waals surface area contributed by atoms with Gasteiger partial charge in [0.15, 0.2) is 0 Å². The number of fused-ring (bicyclic) bond motifs is 1. The summed E-state index contributed by atoms with van der Waals surface area (Å²) in [6.07, 6.45) is 4.68. The molecule has 1 aliphatic rings. The van der Waals surface area contributed by atoms with E-state index in [2.05, 4.69) is 34.1 Å². The molecular formula is C22H24N2O. The number of hydrogen-bond donors (Lipinski definition) is 1. The highest BCUT2D eigenvalue weighted by Gasteiger charge is 2.25. The quantitative estimate of drug-likeness (QED) is 0.760. The van der Waals surface area contributed by atoms with Crippen LogP contribution in [0.2, 0.25) is 0 Å². The maximum atomic E-state index is 12.7. The van der Waals surface area contributed by atoms with Gasteiger partial charge in [-0.2, -0.15) is 0 Å². The molecule has 3 aromatic rings. The van der Waals surface area contributed by atoms with E-state index in [4.69, 9.17) is 0 Å². The molecule has 0 spiro atoms. The molecule has 3 nitrogen and oxygen atoms in total. The summed E-state index contributed by atoms with van der Waals surface area (Å²) in [6, 6.07) is 18.8.